The fourth-order valence-corrected chi connectivity index (χ4v) is 2.91. The molecule has 1 saturated heterocycles. The molecule has 2 rings (SSSR count). The topological polar surface area (TPSA) is 49.5 Å². The van der Waals surface area contributed by atoms with E-state index in [0.717, 1.165) is 29.7 Å². The van der Waals surface area contributed by atoms with Gasteiger partial charge in [0.15, 0.2) is 0 Å². The van der Waals surface area contributed by atoms with Crippen molar-refractivity contribution in [2.75, 3.05) is 18.9 Å². The molecule has 0 spiro atoms. The van der Waals surface area contributed by atoms with E-state index in [2.05, 4.69) is 26.9 Å². The lowest BCUT2D eigenvalue weighted by molar-refractivity contribution is 0.0839. The summed E-state index contributed by atoms with van der Waals surface area (Å²) in [7, 11) is 0. The largest absolute Gasteiger partial charge is 0.399 e. The van der Waals surface area contributed by atoms with Gasteiger partial charge < -0.3 is 10.8 Å². The Morgan fingerprint density at radius 2 is 2.24 bits per heavy atom. The first-order valence-electron chi connectivity index (χ1n) is 6.09. The number of hydrogen-bond donors (Lipinski definition) is 2. The van der Waals surface area contributed by atoms with Gasteiger partial charge in [-0.25, -0.2) is 0 Å². The predicted molar refractivity (Wildman–Crippen MR) is 73.7 cm³/mol. The Morgan fingerprint density at radius 1 is 1.41 bits per heavy atom. The highest BCUT2D eigenvalue weighted by Crippen LogP contribution is 2.25. The molecule has 0 saturated carbocycles. The van der Waals surface area contributed by atoms with Crippen LogP contribution in [0.5, 0.6) is 0 Å². The van der Waals surface area contributed by atoms with Crippen molar-refractivity contribution in [3.63, 3.8) is 0 Å². The van der Waals surface area contributed by atoms with Crippen LogP contribution in [-0.4, -0.2) is 29.2 Å². The molecule has 1 aliphatic heterocycles. The maximum Gasteiger partial charge on any atom is 0.0586 e. The molecule has 0 amide bonds. The van der Waals surface area contributed by atoms with Crippen molar-refractivity contribution in [3.8, 4) is 0 Å². The smallest absolute Gasteiger partial charge is 0.0586 e. The number of nitrogen functional groups attached to an aromatic ring is 1. The first-order chi connectivity index (χ1) is 8.20. The molecule has 0 aromatic heterocycles. The van der Waals surface area contributed by atoms with E-state index in [4.69, 9.17) is 5.73 Å². The molecule has 1 aromatic rings. The van der Waals surface area contributed by atoms with Gasteiger partial charge in [-0.1, -0.05) is 28.4 Å². The number of rotatable bonds is 3. The zero-order chi connectivity index (χ0) is 12.3. The van der Waals surface area contributed by atoms with Crippen LogP contribution in [0.25, 0.3) is 0 Å². The number of halogens is 1. The molecular weight excluding hydrogens is 280 g/mol. The van der Waals surface area contributed by atoms with Crippen LogP contribution in [0.15, 0.2) is 22.7 Å². The second kappa shape index (κ2) is 5.85. The summed E-state index contributed by atoms with van der Waals surface area (Å²) < 4.78 is 1.06. The highest BCUT2D eigenvalue weighted by Gasteiger charge is 2.22. The highest BCUT2D eigenvalue weighted by atomic mass is 79.9. The lowest BCUT2D eigenvalue weighted by Gasteiger charge is -2.34. The zero-order valence-corrected chi connectivity index (χ0v) is 11.5. The number of aliphatic hydroxyl groups is 1. The number of anilines is 1. The van der Waals surface area contributed by atoms with Crippen molar-refractivity contribution in [1.82, 2.24) is 4.90 Å². The Balaban J connectivity index is 2.08. The van der Waals surface area contributed by atoms with Gasteiger partial charge in [-0.3, -0.25) is 4.90 Å². The van der Waals surface area contributed by atoms with Gasteiger partial charge in [0.2, 0.25) is 0 Å². The molecule has 17 heavy (non-hydrogen) atoms. The number of nitrogens with zero attached hydrogens (tertiary/aromatic N) is 1. The molecule has 3 N–H and O–H groups in total. The van der Waals surface area contributed by atoms with Crippen LogP contribution in [0.1, 0.15) is 24.8 Å². The third kappa shape index (κ3) is 3.21. The van der Waals surface area contributed by atoms with Gasteiger partial charge in [0.25, 0.3) is 0 Å². The minimum atomic E-state index is 0.257. The SMILES string of the molecule is Nc1ccc(CN2CCCCC2CO)c(Br)c1. The molecule has 0 bridgehead atoms. The summed E-state index contributed by atoms with van der Waals surface area (Å²) in [6, 6.07) is 6.24. The molecule has 4 heteroatoms. The molecule has 0 aliphatic carbocycles. The molecule has 1 heterocycles. The predicted octanol–water partition coefficient (Wildman–Crippen LogP) is 2.38. The third-order valence-corrected chi connectivity index (χ3v) is 4.15. The van der Waals surface area contributed by atoms with E-state index in [1.807, 2.05) is 12.1 Å². The first kappa shape index (κ1) is 12.9. The maximum atomic E-state index is 9.38. The van der Waals surface area contributed by atoms with Gasteiger partial charge in [0.05, 0.1) is 6.61 Å². The van der Waals surface area contributed by atoms with Crippen molar-refractivity contribution in [2.45, 2.75) is 31.8 Å². The average Bonchev–Trinajstić information content (AvgIpc) is 2.33. The zero-order valence-electron chi connectivity index (χ0n) is 9.90. The van der Waals surface area contributed by atoms with E-state index in [1.54, 1.807) is 0 Å². The summed E-state index contributed by atoms with van der Waals surface area (Å²) in [5.41, 5.74) is 7.74. The number of aliphatic hydroxyl groups excluding tert-OH is 1. The Morgan fingerprint density at radius 3 is 2.94 bits per heavy atom. The molecule has 1 fully saturated rings. The van der Waals surface area contributed by atoms with E-state index in [9.17, 15) is 5.11 Å². The summed E-state index contributed by atoms with van der Waals surface area (Å²) in [4.78, 5) is 2.36. The standard InChI is InChI=1S/C13H19BrN2O/c14-13-7-11(15)5-4-10(13)8-16-6-2-1-3-12(16)9-17/h4-5,7,12,17H,1-3,6,8-9,15H2. The summed E-state index contributed by atoms with van der Waals surface area (Å²) >= 11 is 3.55. The first-order valence-corrected chi connectivity index (χ1v) is 6.89. The van der Waals surface area contributed by atoms with E-state index >= 15 is 0 Å². The van der Waals surface area contributed by atoms with Crippen molar-refractivity contribution >= 4 is 21.6 Å². The summed E-state index contributed by atoms with van der Waals surface area (Å²) in [6.45, 7) is 2.21. The third-order valence-electron chi connectivity index (χ3n) is 3.41. The molecule has 1 unspecified atom stereocenters. The van der Waals surface area contributed by atoms with Crippen LogP contribution in [0.4, 0.5) is 5.69 Å². The van der Waals surface area contributed by atoms with Gasteiger partial charge in [-0.2, -0.15) is 0 Å². The Bertz CT molecular complexity index is 384. The number of likely N-dealkylation sites (tertiary alicyclic amines) is 1. The van der Waals surface area contributed by atoms with Crippen molar-refractivity contribution in [3.05, 3.63) is 28.2 Å². The van der Waals surface area contributed by atoms with Gasteiger partial charge >= 0.3 is 0 Å². The Labute approximate surface area is 111 Å². The summed E-state index contributed by atoms with van der Waals surface area (Å²) in [5.74, 6) is 0. The number of benzene rings is 1. The van der Waals surface area contributed by atoms with Gasteiger partial charge in [0, 0.05) is 22.7 Å². The highest BCUT2D eigenvalue weighted by molar-refractivity contribution is 9.10. The normalized spacial score (nSPS) is 21.6. The fourth-order valence-electron chi connectivity index (χ4n) is 2.39. The van der Waals surface area contributed by atoms with Crippen molar-refractivity contribution in [1.29, 1.82) is 0 Å². The van der Waals surface area contributed by atoms with Crippen molar-refractivity contribution in [2.24, 2.45) is 0 Å². The van der Waals surface area contributed by atoms with Crippen molar-refractivity contribution < 1.29 is 5.11 Å². The minimum Gasteiger partial charge on any atom is -0.399 e. The Hall–Kier alpha value is -0.580. The monoisotopic (exact) mass is 298 g/mol. The molecule has 1 atom stereocenters. The average molecular weight is 299 g/mol. The van der Waals surface area contributed by atoms with E-state index in [1.165, 1.54) is 18.4 Å². The molecular formula is C13H19BrN2O. The second-order valence-electron chi connectivity index (χ2n) is 4.65. The lowest BCUT2D eigenvalue weighted by atomic mass is 10.0. The maximum absolute atomic E-state index is 9.38. The molecule has 1 aromatic carbocycles. The van der Waals surface area contributed by atoms with Gasteiger partial charge in [-0.05, 0) is 37.1 Å². The molecule has 1 aliphatic rings. The van der Waals surface area contributed by atoms with Gasteiger partial charge in [-0.15, -0.1) is 0 Å². The number of nitrogens with two attached hydrogens (primary N) is 1. The minimum absolute atomic E-state index is 0.257. The van der Waals surface area contributed by atoms with E-state index in [0.29, 0.717) is 6.04 Å². The van der Waals surface area contributed by atoms with Crippen LogP contribution in [0, 0.1) is 0 Å². The van der Waals surface area contributed by atoms with Gasteiger partial charge in [0.1, 0.15) is 0 Å². The summed E-state index contributed by atoms with van der Waals surface area (Å²) in [6.07, 6.45) is 3.55. The van der Waals surface area contributed by atoms with E-state index in [-0.39, 0.29) is 6.61 Å². The molecule has 3 nitrogen and oxygen atoms in total. The van der Waals surface area contributed by atoms with E-state index < -0.39 is 0 Å². The number of piperidine rings is 1. The molecule has 0 radical (unpaired) electrons. The van der Waals surface area contributed by atoms with Crippen LogP contribution in [0.2, 0.25) is 0 Å². The quantitative estimate of drug-likeness (QED) is 0.843. The molecule has 94 valence electrons. The van der Waals surface area contributed by atoms with Crippen LogP contribution >= 0.6 is 15.9 Å². The second-order valence-corrected chi connectivity index (χ2v) is 5.51. The van der Waals surface area contributed by atoms with Crippen LogP contribution in [0.3, 0.4) is 0 Å². The van der Waals surface area contributed by atoms with Crippen LogP contribution in [-0.2, 0) is 6.54 Å². The lowest BCUT2D eigenvalue weighted by Crippen LogP contribution is -2.41. The Kier molecular flexibility index (Phi) is 4.42. The summed E-state index contributed by atoms with van der Waals surface area (Å²) in [5, 5.41) is 9.38. The number of hydrogen-bond acceptors (Lipinski definition) is 3. The fraction of sp³-hybridized carbons (Fsp3) is 0.538. The van der Waals surface area contributed by atoms with Crippen LogP contribution < -0.4 is 5.73 Å².